The minimum absolute atomic E-state index is 0.350. The highest BCUT2D eigenvalue weighted by Crippen LogP contribution is 2.36. The molecule has 1 aromatic heterocycles. The second kappa shape index (κ2) is 8.68. The average molecular weight is 415 g/mol. The molecule has 7 heteroatoms. The summed E-state index contributed by atoms with van der Waals surface area (Å²) in [7, 11) is 2.70. The SMILES string of the molecule is C=C(/C=C\C(=C/C)C(=O)OC)[C@@H]1N[C@@H](C(=O)OC)Cc2c1[nH]c1ccc(Cl)cc21. The Labute approximate surface area is 174 Å². The number of hydrogen-bond donors (Lipinski definition) is 2. The summed E-state index contributed by atoms with van der Waals surface area (Å²) < 4.78 is 9.72. The fraction of sp³-hybridized carbons (Fsp3) is 0.273. The van der Waals surface area contributed by atoms with E-state index in [2.05, 4.69) is 16.9 Å². The molecule has 152 valence electrons. The second-order valence-electron chi connectivity index (χ2n) is 6.73. The van der Waals surface area contributed by atoms with Crippen LogP contribution in [0.15, 0.2) is 54.2 Å². The summed E-state index contributed by atoms with van der Waals surface area (Å²) in [6.45, 7) is 5.90. The van der Waals surface area contributed by atoms with E-state index in [1.165, 1.54) is 14.2 Å². The van der Waals surface area contributed by atoms with Crippen LogP contribution in [-0.4, -0.2) is 37.2 Å². The monoisotopic (exact) mass is 414 g/mol. The fourth-order valence-corrected chi connectivity index (χ4v) is 3.71. The van der Waals surface area contributed by atoms with Crippen molar-refractivity contribution in [3.05, 3.63) is 70.4 Å². The van der Waals surface area contributed by atoms with Crippen LogP contribution in [0.4, 0.5) is 0 Å². The molecule has 29 heavy (non-hydrogen) atoms. The molecule has 2 aromatic rings. The van der Waals surface area contributed by atoms with E-state index in [0.717, 1.165) is 22.2 Å². The number of rotatable bonds is 5. The van der Waals surface area contributed by atoms with Crippen molar-refractivity contribution in [2.75, 3.05) is 14.2 Å². The number of halogens is 1. The number of aromatic amines is 1. The summed E-state index contributed by atoms with van der Waals surface area (Å²) >= 11 is 6.19. The number of esters is 2. The van der Waals surface area contributed by atoms with E-state index < -0.39 is 12.0 Å². The maximum atomic E-state index is 12.3. The predicted molar refractivity (Wildman–Crippen MR) is 113 cm³/mol. The van der Waals surface area contributed by atoms with Gasteiger partial charge in [0.1, 0.15) is 6.04 Å². The molecule has 3 rings (SSSR count). The van der Waals surface area contributed by atoms with Gasteiger partial charge < -0.3 is 14.5 Å². The zero-order valence-electron chi connectivity index (χ0n) is 16.5. The number of ether oxygens (including phenoxy) is 2. The van der Waals surface area contributed by atoms with E-state index in [-0.39, 0.29) is 12.0 Å². The lowest BCUT2D eigenvalue weighted by Gasteiger charge is -2.30. The first-order valence-corrected chi connectivity index (χ1v) is 9.52. The number of nitrogens with one attached hydrogen (secondary N) is 2. The first kappa shape index (κ1) is 20.9. The Hall–Kier alpha value is -2.83. The highest BCUT2D eigenvalue weighted by Gasteiger charge is 2.34. The van der Waals surface area contributed by atoms with Crippen molar-refractivity contribution < 1.29 is 19.1 Å². The van der Waals surface area contributed by atoms with Crippen molar-refractivity contribution in [2.24, 2.45) is 0 Å². The van der Waals surface area contributed by atoms with Crippen LogP contribution in [0, 0.1) is 0 Å². The van der Waals surface area contributed by atoms with Crippen molar-refractivity contribution in [1.29, 1.82) is 0 Å². The molecule has 1 aliphatic rings. The van der Waals surface area contributed by atoms with Crippen LogP contribution in [-0.2, 0) is 25.5 Å². The number of methoxy groups -OCH3 is 2. The number of fused-ring (bicyclic) bond motifs is 3. The van der Waals surface area contributed by atoms with Gasteiger partial charge in [0.2, 0.25) is 0 Å². The zero-order valence-corrected chi connectivity index (χ0v) is 17.3. The molecule has 0 amide bonds. The molecule has 0 saturated carbocycles. The molecule has 0 fully saturated rings. The molecular weight excluding hydrogens is 392 g/mol. The topological polar surface area (TPSA) is 80.4 Å². The Morgan fingerprint density at radius 2 is 2.00 bits per heavy atom. The Morgan fingerprint density at radius 3 is 2.66 bits per heavy atom. The van der Waals surface area contributed by atoms with Crippen molar-refractivity contribution >= 4 is 34.4 Å². The summed E-state index contributed by atoms with van der Waals surface area (Å²) in [4.78, 5) is 27.5. The number of benzene rings is 1. The van der Waals surface area contributed by atoms with Crippen molar-refractivity contribution in [1.82, 2.24) is 10.3 Å². The molecule has 1 aromatic carbocycles. The first-order valence-electron chi connectivity index (χ1n) is 9.15. The van der Waals surface area contributed by atoms with E-state index >= 15 is 0 Å². The van der Waals surface area contributed by atoms with Crippen LogP contribution in [0.2, 0.25) is 5.02 Å². The Bertz CT molecular complexity index is 1030. The molecule has 0 unspecified atom stereocenters. The molecule has 2 N–H and O–H groups in total. The molecule has 0 aliphatic carbocycles. The van der Waals surface area contributed by atoms with Crippen LogP contribution in [0.1, 0.15) is 24.2 Å². The minimum atomic E-state index is -0.526. The first-order chi connectivity index (χ1) is 13.9. The summed E-state index contributed by atoms with van der Waals surface area (Å²) in [6.07, 6.45) is 5.53. The second-order valence-corrected chi connectivity index (χ2v) is 7.17. The normalized spacial score (nSPS) is 19.2. The van der Waals surface area contributed by atoms with Crippen LogP contribution in [0.3, 0.4) is 0 Å². The lowest BCUT2D eigenvalue weighted by atomic mass is 9.90. The van der Waals surface area contributed by atoms with E-state index in [1.807, 2.05) is 18.2 Å². The summed E-state index contributed by atoms with van der Waals surface area (Å²) in [5, 5.41) is 4.89. The lowest BCUT2D eigenvalue weighted by Crippen LogP contribution is -2.45. The largest absolute Gasteiger partial charge is 0.468 e. The standard InChI is InChI=1S/C22H23ClN2O4/c1-5-13(21(26)28-3)7-6-12(2)19-20-16(11-18(25-19)22(27)29-4)15-10-14(23)8-9-17(15)24-20/h5-10,18-19,24-25H,2,11H2,1,3-4H3/b7-6-,13-5+/t18-,19+/m1/s1. The van der Waals surface area contributed by atoms with E-state index in [1.54, 1.807) is 25.2 Å². The summed E-state index contributed by atoms with van der Waals surface area (Å²) in [6, 6.07) is 4.73. The molecule has 0 spiro atoms. The van der Waals surface area contributed by atoms with Gasteiger partial charge in [0.25, 0.3) is 0 Å². The third-order valence-electron chi connectivity index (χ3n) is 5.03. The number of H-pyrrole nitrogens is 1. The van der Waals surface area contributed by atoms with E-state index in [4.69, 9.17) is 21.1 Å². The average Bonchev–Trinajstić information content (AvgIpc) is 3.10. The smallest absolute Gasteiger partial charge is 0.337 e. The van der Waals surface area contributed by atoms with Gasteiger partial charge in [-0.1, -0.05) is 30.3 Å². The Balaban J connectivity index is 2.02. The zero-order chi connectivity index (χ0) is 21.1. The van der Waals surface area contributed by atoms with Gasteiger partial charge in [-0.3, -0.25) is 10.1 Å². The van der Waals surface area contributed by atoms with E-state index in [0.29, 0.717) is 22.6 Å². The molecule has 0 radical (unpaired) electrons. The molecule has 0 saturated heterocycles. The van der Waals surface area contributed by atoms with Gasteiger partial charge in [-0.2, -0.15) is 0 Å². The maximum absolute atomic E-state index is 12.3. The van der Waals surface area contributed by atoms with Crippen LogP contribution < -0.4 is 5.32 Å². The van der Waals surface area contributed by atoms with Gasteiger partial charge in [0.15, 0.2) is 0 Å². The van der Waals surface area contributed by atoms with Gasteiger partial charge in [0, 0.05) is 28.0 Å². The molecule has 0 bridgehead atoms. The third kappa shape index (κ3) is 4.13. The molecule has 1 aliphatic heterocycles. The quantitative estimate of drug-likeness (QED) is 0.442. The Kier molecular flexibility index (Phi) is 6.25. The van der Waals surface area contributed by atoms with Crippen LogP contribution in [0.5, 0.6) is 0 Å². The van der Waals surface area contributed by atoms with E-state index in [9.17, 15) is 9.59 Å². The van der Waals surface area contributed by atoms with Gasteiger partial charge in [-0.15, -0.1) is 0 Å². The summed E-state index contributed by atoms with van der Waals surface area (Å²) in [5.41, 5.74) is 3.93. The van der Waals surface area contributed by atoms with Crippen LogP contribution in [0.25, 0.3) is 10.9 Å². The molecule has 2 atom stereocenters. The fourth-order valence-electron chi connectivity index (χ4n) is 3.53. The maximum Gasteiger partial charge on any atom is 0.337 e. The Morgan fingerprint density at radius 1 is 1.24 bits per heavy atom. The van der Waals surface area contributed by atoms with Crippen molar-refractivity contribution in [2.45, 2.75) is 25.4 Å². The number of allylic oxidation sites excluding steroid dienone is 1. The molecular formula is C22H23ClN2O4. The van der Waals surface area contributed by atoms with Gasteiger partial charge in [-0.25, -0.2) is 4.79 Å². The van der Waals surface area contributed by atoms with Gasteiger partial charge >= 0.3 is 11.9 Å². The number of carbonyl (C=O) groups is 2. The van der Waals surface area contributed by atoms with Gasteiger partial charge in [0.05, 0.1) is 25.8 Å². The predicted octanol–water partition coefficient (Wildman–Crippen LogP) is 3.78. The van der Waals surface area contributed by atoms with Crippen molar-refractivity contribution in [3.8, 4) is 0 Å². The summed E-state index contributed by atoms with van der Waals surface area (Å²) in [5.74, 6) is -0.779. The highest BCUT2D eigenvalue weighted by atomic mass is 35.5. The highest BCUT2D eigenvalue weighted by molar-refractivity contribution is 6.31. The number of aromatic nitrogens is 1. The number of hydrogen-bond acceptors (Lipinski definition) is 5. The number of carbonyl (C=O) groups excluding carboxylic acids is 2. The minimum Gasteiger partial charge on any atom is -0.468 e. The molecule has 6 nitrogen and oxygen atoms in total. The van der Waals surface area contributed by atoms with Gasteiger partial charge in [-0.05, 0) is 42.3 Å². The lowest BCUT2D eigenvalue weighted by molar-refractivity contribution is -0.143. The van der Waals surface area contributed by atoms with Crippen molar-refractivity contribution in [3.63, 3.8) is 0 Å². The van der Waals surface area contributed by atoms with Crippen LogP contribution >= 0.6 is 11.6 Å². The molecule has 2 heterocycles. The third-order valence-corrected chi connectivity index (χ3v) is 5.27.